The summed E-state index contributed by atoms with van der Waals surface area (Å²) in [5.74, 6) is 0.541. The van der Waals surface area contributed by atoms with Gasteiger partial charge in [0.1, 0.15) is 5.75 Å². The maximum absolute atomic E-state index is 10.9. The maximum Gasteiger partial charge on any atom is 0.256 e. The van der Waals surface area contributed by atoms with E-state index in [4.69, 9.17) is 16.3 Å². The van der Waals surface area contributed by atoms with Crippen LogP contribution in [0.25, 0.3) is 0 Å². The molecule has 0 fully saturated rings. The standard InChI is InChI=1S/C10H11ClO2/c1-3-7-4-5-8(10(11)12)9(6-7)13-2/h4-6H,3H2,1-2H3. The number of rotatable bonds is 3. The largest absolute Gasteiger partial charge is 0.496 e. The smallest absolute Gasteiger partial charge is 0.256 e. The van der Waals surface area contributed by atoms with Crippen molar-refractivity contribution in [3.05, 3.63) is 29.3 Å². The number of hydrogen-bond donors (Lipinski definition) is 0. The zero-order valence-corrected chi connectivity index (χ0v) is 8.39. The minimum atomic E-state index is -0.487. The van der Waals surface area contributed by atoms with Gasteiger partial charge in [0, 0.05) is 0 Å². The predicted molar refractivity (Wildman–Crippen MR) is 52.6 cm³/mol. The van der Waals surface area contributed by atoms with Crippen LogP contribution in [0.15, 0.2) is 18.2 Å². The Kier molecular flexibility index (Phi) is 3.32. The van der Waals surface area contributed by atoms with E-state index >= 15 is 0 Å². The first-order valence-corrected chi connectivity index (χ1v) is 4.43. The van der Waals surface area contributed by atoms with Crippen LogP contribution in [-0.4, -0.2) is 12.4 Å². The summed E-state index contributed by atoms with van der Waals surface area (Å²) in [7, 11) is 1.53. The highest BCUT2D eigenvalue weighted by molar-refractivity contribution is 6.68. The molecule has 0 aromatic heterocycles. The molecule has 3 heteroatoms. The van der Waals surface area contributed by atoms with Gasteiger partial charge >= 0.3 is 0 Å². The van der Waals surface area contributed by atoms with Crippen molar-refractivity contribution in [1.29, 1.82) is 0 Å². The molecule has 0 spiro atoms. The minimum Gasteiger partial charge on any atom is -0.496 e. The van der Waals surface area contributed by atoms with Crippen molar-refractivity contribution in [3.8, 4) is 5.75 Å². The van der Waals surface area contributed by atoms with Gasteiger partial charge in [-0.2, -0.15) is 0 Å². The highest BCUT2D eigenvalue weighted by Crippen LogP contribution is 2.21. The number of hydrogen-bond acceptors (Lipinski definition) is 2. The molecular formula is C10H11ClO2. The second-order valence-corrected chi connectivity index (χ2v) is 3.01. The Balaban J connectivity index is 3.15. The number of methoxy groups -OCH3 is 1. The molecule has 1 aromatic carbocycles. The van der Waals surface area contributed by atoms with Crippen LogP contribution in [0.3, 0.4) is 0 Å². The number of benzene rings is 1. The second-order valence-electron chi connectivity index (χ2n) is 2.66. The molecule has 0 aliphatic carbocycles. The summed E-state index contributed by atoms with van der Waals surface area (Å²) in [5, 5.41) is -0.487. The van der Waals surface area contributed by atoms with Crippen LogP contribution < -0.4 is 4.74 Å². The summed E-state index contributed by atoms with van der Waals surface area (Å²) in [6.07, 6.45) is 0.910. The van der Waals surface area contributed by atoms with Crippen LogP contribution in [0.5, 0.6) is 5.75 Å². The summed E-state index contributed by atoms with van der Waals surface area (Å²) in [6.45, 7) is 2.04. The van der Waals surface area contributed by atoms with Crippen molar-refractivity contribution < 1.29 is 9.53 Å². The van der Waals surface area contributed by atoms with Crippen LogP contribution in [-0.2, 0) is 6.42 Å². The Hall–Kier alpha value is -1.02. The molecule has 0 saturated heterocycles. The van der Waals surface area contributed by atoms with Gasteiger partial charge in [-0.05, 0) is 35.7 Å². The van der Waals surface area contributed by atoms with Crippen LogP contribution in [0.4, 0.5) is 0 Å². The second kappa shape index (κ2) is 4.28. The molecule has 1 rings (SSSR count). The lowest BCUT2D eigenvalue weighted by molar-refractivity contribution is 0.107. The lowest BCUT2D eigenvalue weighted by Gasteiger charge is -2.06. The molecule has 0 saturated carbocycles. The number of halogens is 1. The zero-order valence-electron chi connectivity index (χ0n) is 7.63. The van der Waals surface area contributed by atoms with Crippen LogP contribution >= 0.6 is 11.6 Å². The maximum atomic E-state index is 10.9. The first kappa shape index (κ1) is 10.1. The van der Waals surface area contributed by atoms with Crippen molar-refractivity contribution in [3.63, 3.8) is 0 Å². The van der Waals surface area contributed by atoms with Gasteiger partial charge in [0.15, 0.2) is 0 Å². The van der Waals surface area contributed by atoms with Crippen LogP contribution in [0, 0.1) is 0 Å². The van der Waals surface area contributed by atoms with Crippen molar-refractivity contribution in [2.24, 2.45) is 0 Å². The number of carbonyl (C=O) groups excluding carboxylic acids is 1. The lowest BCUT2D eigenvalue weighted by atomic mass is 10.1. The molecule has 0 atom stereocenters. The van der Waals surface area contributed by atoms with Gasteiger partial charge in [0.25, 0.3) is 5.24 Å². The van der Waals surface area contributed by atoms with Gasteiger partial charge in [-0.3, -0.25) is 4.79 Å². The highest BCUT2D eigenvalue weighted by atomic mass is 35.5. The normalized spacial score (nSPS) is 9.77. The molecule has 0 amide bonds. The summed E-state index contributed by atoms with van der Waals surface area (Å²) in [5.41, 5.74) is 1.54. The quantitative estimate of drug-likeness (QED) is 0.698. The number of ether oxygens (including phenoxy) is 1. The Morgan fingerprint density at radius 2 is 2.23 bits per heavy atom. The molecule has 0 radical (unpaired) electrons. The molecule has 2 nitrogen and oxygen atoms in total. The van der Waals surface area contributed by atoms with Crippen LogP contribution in [0.1, 0.15) is 22.8 Å². The molecule has 0 N–H and O–H groups in total. The Morgan fingerprint density at radius 1 is 1.54 bits per heavy atom. The van der Waals surface area contributed by atoms with E-state index in [0.29, 0.717) is 11.3 Å². The fraction of sp³-hybridized carbons (Fsp3) is 0.300. The van der Waals surface area contributed by atoms with Gasteiger partial charge in [-0.1, -0.05) is 13.0 Å². The van der Waals surface area contributed by atoms with Gasteiger partial charge in [0.05, 0.1) is 12.7 Å². The Bertz CT molecular complexity index is 321. The van der Waals surface area contributed by atoms with E-state index in [0.717, 1.165) is 12.0 Å². The first-order valence-electron chi connectivity index (χ1n) is 4.05. The summed E-state index contributed by atoms with van der Waals surface area (Å²) < 4.78 is 5.04. The van der Waals surface area contributed by atoms with E-state index in [9.17, 15) is 4.79 Å². The molecule has 0 aliphatic heterocycles. The average Bonchev–Trinajstić information content (AvgIpc) is 2.16. The molecule has 0 bridgehead atoms. The fourth-order valence-corrected chi connectivity index (χ4v) is 1.27. The third-order valence-electron chi connectivity index (χ3n) is 1.89. The molecule has 0 aliphatic rings. The van der Waals surface area contributed by atoms with Crippen molar-refractivity contribution in [1.82, 2.24) is 0 Å². The van der Waals surface area contributed by atoms with E-state index in [1.54, 1.807) is 6.07 Å². The van der Waals surface area contributed by atoms with Crippen molar-refractivity contribution >= 4 is 16.8 Å². The summed E-state index contributed by atoms with van der Waals surface area (Å²) in [4.78, 5) is 10.9. The Morgan fingerprint density at radius 3 is 2.69 bits per heavy atom. The third-order valence-corrected chi connectivity index (χ3v) is 2.09. The van der Waals surface area contributed by atoms with E-state index in [2.05, 4.69) is 0 Å². The van der Waals surface area contributed by atoms with Gasteiger partial charge in [-0.25, -0.2) is 0 Å². The number of carbonyl (C=O) groups is 1. The highest BCUT2D eigenvalue weighted by Gasteiger charge is 2.09. The molecule has 1 aromatic rings. The molecule has 0 heterocycles. The topological polar surface area (TPSA) is 26.3 Å². The zero-order chi connectivity index (χ0) is 9.84. The first-order chi connectivity index (χ1) is 6.19. The van der Waals surface area contributed by atoms with E-state index in [1.807, 2.05) is 19.1 Å². The van der Waals surface area contributed by atoms with Gasteiger partial charge in [0.2, 0.25) is 0 Å². The van der Waals surface area contributed by atoms with Gasteiger partial charge in [-0.15, -0.1) is 0 Å². The minimum absolute atomic E-state index is 0.418. The van der Waals surface area contributed by atoms with Crippen LogP contribution in [0.2, 0.25) is 0 Å². The van der Waals surface area contributed by atoms with E-state index in [1.165, 1.54) is 7.11 Å². The fourth-order valence-electron chi connectivity index (χ4n) is 1.12. The predicted octanol–water partition coefficient (Wildman–Crippen LogP) is 2.64. The average molecular weight is 199 g/mol. The van der Waals surface area contributed by atoms with E-state index in [-0.39, 0.29) is 0 Å². The number of aryl methyl sites for hydroxylation is 1. The molecule has 13 heavy (non-hydrogen) atoms. The van der Waals surface area contributed by atoms with E-state index < -0.39 is 5.24 Å². The monoisotopic (exact) mass is 198 g/mol. The summed E-state index contributed by atoms with van der Waals surface area (Å²) in [6, 6.07) is 5.39. The van der Waals surface area contributed by atoms with Crippen molar-refractivity contribution in [2.45, 2.75) is 13.3 Å². The molecule has 0 unspecified atom stereocenters. The Labute approximate surface area is 82.5 Å². The van der Waals surface area contributed by atoms with Gasteiger partial charge < -0.3 is 4.74 Å². The lowest BCUT2D eigenvalue weighted by Crippen LogP contribution is -1.96. The third kappa shape index (κ3) is 2.22. The molecular weight excluding hydrogens is 188 g/mol. The molecule has 70 valence electrons. The SMILES string of the molecule is CCc1ccc(C(=O)Cl)c(OC)c1. The summed E-state index contributed by atoms with van der Waals surface area (Å²) >= 11 is 5.36. The van der Waals surface area contributed by atoms with Crippen molar-refractivity contribution in [2.75, 3.05) is 7.11 Å².